The second kappa shape index (κ2) is 6.54. The molecule has 3 rings (SSSR count). The maximum atomic E-state index is 3.42. The fraction of sp³-hybridized carbons (Fsp3) is 0.333. The van der Waals surface area contributed by atoms with Crippen molar-refractivity contribution in [3.8, 4) is 0 Å². The van der Waals surface area contributed by atoms with Gasteiger partial charge in [0.25, 0.3) is 0 Å². The normalized spacial score (nSPS) is 15.2. The van der Waals surface area contributed by atoms with Gasteiger partial charge in [-0.2, -0.15) is 0 Å². The first kappa shape index (κ1) is 14.5. The first-order valence-electron chi connectivity index (χ1n) is 7.54. The largest absolute Gasteiger partial charge is 0.368 e. The Morgan fingerprint density at radius 2 is 1.71 bits per heavy atom. The van der Waals surface area contributed by atoms with Crippen molar-refractivity contribution in [1.29, 1.82) is 0 Å². The third-order valence-electron chi connectivity index (χ3n) is 3.87. The SMILES string of the molecule is Cc1ccc(Sc2ccccc2N2CCNCC2)c([11CH3])c1. The Bertz CT molecular complexity index is 618. The maximum Gasteiger partial charge on any atom is 0.0508 e. The fourth-order valence-corrected chi connectivity index (χ4v) is 3.78. The molecule has 0 atom stereocenters. The Morgan fingerprint density at radius 3 is 2.48 bits per heavy atom. The van der Waals surface area contributed by atoms with Crippen LogP contribution in [0.1, 0.15) is 11.1 Å². The van der Waals surface area contributed by atoms with E-state index in [4.69, 9.17) is 0 Å². The van der Waals surface area contributed by atoms with Gasteiger partial charge in [0, 0.05) is 36.0 Å². The Hall–Kier alpha value is -1.45. The Morgan fingerprint density at radius 1 is 0.952 bits per heavy atom. The predicted molar refractivity (Wildman–Crippen MR) is 91.6 cm³/mol. The summed E-state index contributed by atoms with van der Waals surface area (Å²) in [5.74, 6) is 0. The van der Waals surface area contributed by atoms with Crippen LogP contribution >= 0.6 is 11.8 Å². The first-order chi connectivity index (χ1) is 10.2. The van der Waals surface area contributed by atoms with Crippen LogP contribution in [0.15, 0.2) is 52.3 Å². The summed E-state index contributed by atoms with van der Waals surface area (Å²) < 4.78 is 0. The Balaban J connectivity index is 1.88. The molecule has 1 aliphatic heterocycles. The van der Waals surface area contributed by atoms with Crippen LogP contribution in [0.5, 0.6) is 0 Å². The number of rotatable bonds is 3. The van der Waals surface area contributed by atoms with Gasteiger partial charge in [0.2, 0.25) is 0 Å². The molecule has 0 saturated carbocycles. The molecule has 0 amide bonds. The van der Waals surface area contributed by atoms with Crippen molar-refractivity contribution in [2.45, 2.75) is 23.6 Å². The number of benzene rings is 2. The highest BCUT2D eigenvalue weighted by molar-refractivity contribution is 7.99. The molecule has 1 heterocycles. The number of nitrogens with one attached hydrogen (secondary N) is 1. The fourth-order valence-electron chi connectivity index (χ4n) is 2.74. The van der Waals surface area contributed by atoms with Gasteiger partial charge in [-0.1, -0.05) is 41.6 Å². The van der Waals surface area contributed by atoms with E-state index in [1.165, 1.54) is 26.6 Å². The lowest BCUT2D eigenvalue weighted by atomic mass is 10.0. The van der Waals surface area contributed by atoms with Gasteiger partial charge in [-0.15, -0.1) is 0 Å². The first-order valence-corrected chi connectivity index (χ1v) is 8.35. The number of aryl methyl sites for hydroxylation is 2. The number of hydrogen-bond donors (Lipinski definition) is 1. The molecule has 3 heteroatoms. The summed E-state index contributed by atoms with van der Waals surface area (Å²) in [6, 6.07) is 15.5. The van der Waals surface area contributed by atoms with Crippen molar-refractivity contribution >= 4 is 17.4 Å². The van der Waals surface area contributed by atoms with Crippen molar-refractivity contribution in [2.75, 3.05) is 31.1 Å². The monoisotopic (exact) mass is 297 g/mol. The quantitative estimate of drug-likeness (QED) is 0.926. The summed E-state index contributed by atoms with van der Waals surface area (Å²) in [6.45, 7) is 8.67. The molecule has 0 aromatic heterocycles. The molecule has 2 nitrogen and oxygen atoms in total. The number of anilines is 1. The highest BCUT2D eigenvalue weighted by Crippen LogP contribution is 2.37. The van der Waals surface area contributed by atoms with Gasteiger partial charge < -0.3 is 10.2 Å². The van der Waals surface area contributed by atoms with Crippen molar-refractivity contribution in [3.05, 3.63) is 53.6 Å². The summed E-state index contributed by atoms with van der Waals surface area (Å²) >= 11 is 1.88. The lowest BCUT2D eigenvalue weighted by molar-refractivity contribution is 0.587. The van der Waals surface area contributed by atoms with Gasteiger partial charge in [-0.3, -0.25) is 0 Å². The molecule has 2 aromatic carbocycles. The number of hydrogen-bond acceptors (Lipinski definition) is 3. The van der Waals surface area contributed by atoms with Gasteiger partial charge in [0.15, 0.2) is 0 Å². The highest BCUT2D eigenvalue weighted by atomic mass is 32.2. The van der Waals surface area contributed by atoms with Gasteiger partial charge in [0.05, 0.1) is 5.69 Å². The van der Waals surface area contributed by atoms with Crippen LogP contribution in [0.2, 0.25) is 0 Å². The molecule has 2 aromatic rings. The van der Waals surface area contributed by atoms with Gasteiger partial charge in [-0.25, -0.2) is 0 Å². The van der Waals surface area contributed by atoms with Crippen LogP contribution in [0.25, 0.3) is 0 Å². The molecular weight excluding hydrogens is 275 g/mol. The predicted octanol–water partition coefficient (Wildman–Crippen LogP) is 3.86. The van der Waals surface area contributed by atoms with E-state index in [1.807, 2.05) is 11.8 Å². The van der Waals surface area contributed by atoms with Crippen LogP contribution in [0.4, 0.5) is 5.69 Å². The second-order valence-corrected chi connectivity index (χ2v) is 6.66. The van der Waals surface area contributed by atoms with Crippen molar-refractivity contribution < 1.29 is 0 Å². The molecule has 0 radical (unpaired) electrons. The molecule has 0 aliphatic carbocycles. The minimum absolute atomic E-state index is 1.07. The average molecular weight is 297 g/mol. The molecular formula is C18H22N2S. The zero-order valence-corrected chi connectivity index (χ0v) is 13.5. The number of para-hydroxylation sites is 1. The zero-order valence-electron chi connectivity index (χ0n) is 12.7. The molecule has 1 saturated heterocycles. The van der Waals surface area contributed by atoms with Gasteiger partial charge >= 0.3 is 0 Å². The molecule has 0 unspecified atom stereocenters. The van der Waals surface area contributed by atoms with Crippen molar-refractivity contribution in [2.24, 2.45) is 0 Å². The molecule has 0 spiro atoms. The lowest BCUT2D eigenvalue weighted by Crippen LogP contribution is -2.43. The standard InChI is InChI=1S/C18H22N2S/c1-14-7-8-17(15(2)13-14)21-18-6-4-3-5-16(18)20-11-9-19-10-12-20/h3-8,13,19H,9-12H2,1-2H3/i2-1. The van der Waals surface area contributed by atoms with Gasteiger partial charge in [-0.05, 0) is 37.6 Å². The summed E-state index contributed by atoms with van der Waals surface area (Å²) in [5.41, 5.74) is 4.05. The van der Waals surface area contributed by atoms with E-state index in [2.05, 4.69) is 66.5 Å². The third kappa shape index (κ3) is 3.42. The van der Waals surface area contributed by atoms with Crippen LogP contribution in [-0.4, -0.2) is 26.2 Å². The Labute approximate surface area is 131 Å². The van der Waals surface area contributed by atoms with Gasteiger partial charge in [0.1, 0.15) is 0 Å². The summed E-state index contributed by atoms with van der Waals surface area (Å²) in [4.78, 5) is 5.19. The number of nitrogens with zero attached hydrogens (tertiary/aromatic N) is 1. The molecule has 1 aliphatic rings. The number of piperazine rings is 1. The maximum absolute atomic E-state index is 3.42. The molecule has 21 heavy (non-hydrogen) atoms. The molecule has 1 fully saturated rings. The molecule has 110 valence electrons. The lowest BCUT2D eigenvalue weighted by Gasteiger charge is -2.31. The molecule has 0 bridgehead atoms. The van der Waals surface area contributed by atoms with E-state index in [0.29, 0.717) is 0 Å². The summed E-state index contributed by atoms with van der Waals surface area (Å²) in [5, 5.41) is 3.42. The van der Waals surface area contributed by atoms with Crippen LogP contribution in [0, 0.1) is 13.8 Å². The van der Waals surface area contributed by atoms with E-state index in [1.54, 1.807) is 0 Å². The summed E-state index contributed by atoms with van der Waals surface area (Å²) in [6.07, 6.45) is 0. The topological polar surface area (TPSA) is 15.3 Å². The smallest absolute Gasteiger partial charge is 0.0508 e. The second-order valence-electron chi connectivity index (χ2n) is 5.58. The van der Waals surface area contributed by atoms with E-state index in [-0.39, 0.29) is 0 Å². The minimum atomic E-state index is 1.07. The average Bonchev–Trinajstić information content (AvgIpc) is 2.51. The van der Waals surface area contributed by atoms with E-state index >= 15 is 0 Å². The van der Waals surface area contributed by atoms with Crippen LogP contribution in [0.3, 0.4) is 0 Å². The molecule has 1 N–H and O–H groups in total. The van der Waals surface area contributed by atoms with Crippen LogP contribution < -0.4 is 10.2 Å². The van der Waals surface area contributed by atoms with Crippen LogP contribution in [-0.2, 0) is 0 Å². The Kier molecular flexibility index (Phi) is 4.51. The highest BCUT2D eigenvalue weighted by Gasteiger charge is 2.14. The van der Waals surface area contributed by atoms with E-state index < -0.39 is 0 Å². The van der Waals surface area contributed by atoms with E-state index in [9.17, 15) is 0 Å². The van der Waals surface area contributed by atoms with E-state index in [0.717, 1.165) is 26.2 Å². The van der Waals surface area contributed by atoms with Crippen molar-refractivity contribution in [3.63, 3.8) is 0 Å². The summed E-state index contributed by atoms with van der Waals surface area (Å²) in [7, 11) is 0. The zero-order chi connectivity index (χ0) is 14.7. The minimum Gasteiger partial charge on any atom is -0.368 e. The third-order valence-corrected chi connectivity index (χ3v) is 5.12. The van der Waals surface area contributed by atoms with Crippen molar-refractivity contribution in [1.82, 2.24) is 5.32 Å².